The fraction of sp³-hybridized carbons (Fsp3) is 0.558. The smallest absolute Gasteiger partial charge is 0.268 e. The van der Waals surface area contributed by atoms with E-state index in [0.29, 0.717) is 27.9 Å². The lowest BCUT2D eigenvalue weighted by molar-refractivity contribution is -0.995. The molecule has 3 aliphatic carbocycles. The van der Waals surface area contributed by atoms with Crippen molar-refractivity contribution >= 4 is 5.91 Å². The molecule has 6 atom stereocenters. The van der Waals surface area contributed by atoms with Gasteiger partial charge in [0.2, 0.25) is 0 Å². The first-order valence-corrected chi connectivity index (χ1v) is 19.4. The predicted molar refractivity (Wildman–Crippen MR) is 193 cm³/mol. The van der Waals surface area contributed by atoms with Crippen LogP contribution < -0.4 is 14.9 Å². The van der Waals surface area contributed by atoms with Crippen LogP contribution in [-0.2, 0) is 29.5 Å². The third-order valence-electron chi connectivity index (χ3n) is 13.1. The highest BCUT2D eigenvalue weighted by atomic mass is 16.5. The van der Waals surface area contributed by atoms with Gasteiger partial charge in [-0.2, -0.15) is 0 Å². The van der Waals surface area contributed by atoms with Crippen LogP contribution in [0.4, 0.5) is 0 Å². The second-order valence-electron chi connectivity index (χ2n) is 16.0. The molecule has 1 amide bonds. The first kappa shape index (κ1) is 32.7. The van der Waals surface area contributed by atoms with Crippen LogP contribution in [0.2, 0.25) is 0 Å². The van der Waals surface area contributed by atoms with E-state index in [1.807, 2.05) is 0 Å². The molecule has 1 spiro atoms. The Hall–Kier alpha value is -3.51. The van der Waals surface area contributed by atoms with Crippen molar-refractivity contribution in [2.24, 2.45) is 17.8 Å². The summed E-state index contributed by atoms with van der Waals surface area (Å²) < 4.78 is 13.2. The van der Waals surface area contributed by atoms with E-state index in [0.717, 1.165) is 88.6 Å². The van der Waals surface area contributed by atoms with Gasteiger partial charge < -0.3 is 14.6 Å². The molecule has 3 fully saturated rings. The third kappa shape index (κ3) is 6.13. The average Bonchev–Trinajstić information content (AvgIpc) is 3.88. The van der Waals surface area contributed by atoms with Gasteiger partial charge in [0.1, 0.15) is 31.0 Å². The molecule has 0 radical (unpaired) electrons. The molecular formula is C43H55N2O4+. The molecule has 8 rings (SSSR count). The summed E-state index contributed by atoms with van der Waals surface area (Å²) >= 11 is 0. The van der Waals surface area contributed by atoms with E-state index < -0.39 is 0 Å². The molecule has 2 unspecified atom stereocenters. The van der Waals surface area contributed by atoms with Crippen LogP contribution in [0.3, 0.4) is 0 Å². The van der Waals surface area contributed by atoms with E-state index in [4.69, 9.17) is 9.47 Å². The zero-order chi connectivity index (χ0) is 33.4. The second-order valence-corrected chi connectivity index (χ2v) is 16.0. The number of nitrogens with one attached hydrogen (secondary N) is 1. The van der Waals surface area contributed by atoms with Crippen LogP contribution >= 0.6 is 0 Å². The summed E-state index contributed by atoms with van der Waals surface area (Å²) in [4.78, 5) is 14.7. The van der Waals surface area contributed by atoms with Crippen molar-refractivity contribution in [1.29, 1.82) is 0 Å². The summed E-state index contributed by atoms with van der Waals surface area (Å²) in [5.41, 5.74) is 8.76. The van der Waals surface area contributed by atoms with Crippen molar-refractivity contribution in [3.8, 4) is 17.2 Å². The minimum atomic E-state index is -0.0969. The van der Waals surface area contributed by atoms with Gasteiger partial charge >= 0.3 is 0 Å². The maximum Gasteiger partial charge on any atom is 0.268 e. The fourth-order valence-electron chi connectivity index (χ4n) is 10.6. The van der Waals surface area contributed by atoms with Crippen LogP contribution in [0.15, 0.2) is 66.7 Å². The minimum absolute atomic E-state index is 0.00604. The number of methoxy groups -OCH3 is 1. The first-order chi connectivity index (χ1) is 24.0. The lowest BCUT2D eigenvalue weighted by Crippen LogP contribution is -2.77. The number of phenols is 1. The van der Waals surface area contributed by atoms with Crippen molar-refractivity contribution in [2.45, 2.75) is 114 Å². The maximum atomic E-state index is 14.7. The number of aryl methyl sites for hydroxylation is 2. The Labute approximate surface area is 292 Å². The summed E-state index contributed by atoms with van der Waals surface area (Å²) in [5.74, 6) is 3.21. The number of nitrogens with zero attached hydrogens (tertiary/aromatic N) is 1. The van der Waals surface area contributed by atoms with E-state index >= 15 is 0 Å². The number of ether oxygens (including phenoxy) is 2. The molecule has 2 heterocycles. The molecule has 2 bridgehead atoms. The molecule has 5 aliphatic rings. The molecule has 6 heteroatoms. The van der Waals surface area contributed by atoms with Crippen LogP contribution in [0.5, 0.6) is 17.2 Å². The van der Waals surface area contributed by atoms with E-state index in [1.54, 1.807) is 13.2 Å². The highest BCUT2D eigenvalue weighted by molar-refractivity contribution is 5.77. The van der Waals surface area contributed by atoms with Crippen LogP contribution in [0, 0.1) is 17.8 Å². The predicted octanol–water partition coefficient (Wildman–Crippen LogP) is 8.23. The second kappa shape index (κ2) is 13.7. The standard InChI is InChI=1S/C43H54N2O4/c1-48-38-28-37(46)34-27-36-35-19-12-20-39-43(35,40(34)41(38)49-39)25-26-45(36,29-32-21-22-32)44-42(47)33(24-23-31-16-9-5-10-17-31)18-11-3-2-6-13-30-14-7-4-8-15-30/h4-5,7-10,14-17,28,32-33,35-36,39H,2-3,6,11-13,18-27,29H2,1H3,(H-,44,46,47)/p+1/t33?,35-,36+,39-,43+,45?/m0/s1. The Kier molecular flexibility index (Phi) is 9.11. The normalized spacial score (nSPS) is 28.3. The molecule has 2 aliphatic heterocycles. The number of benzene rings is 3. The topological polar surface area (TPSA) is 67.8 Å². The van der Waals surface area contributed by atoms with Crippen LogP contribution in [-0.4, -0.2) is 48.0 Å². The van der Waals surface area contributed by atoms with Crippen LogP contribution in [0.25, 0.3) is 0 Å². The van der Waals surface area contributed by atoms with Gasteiger partial charge in [0, 0.05) is 47.8 Å². The van der Waals surface area contributed by atoms with E-state index in [2.05, 4.69) is 66.1 Å². The number of aromatic hydroxyl groups is 1. The zero-order valence-corrected chi connectivity index (χ0v) is 29.4. The quantitative estimate of drug-likeness (QED) is 0.127. The summed E-state index contributed by atoms with van der Waals surface area (Å²) in [7, 11) is 1.68. The summed E-state index contributed by atoms with van der Waals surface area (Å²) in [6.45, 7) is 1.95. The fourth-order valence-corrected chi connectivity index (χ4v) is 10.6. The van der Waals surface area contributed by atoms with Gasteiger partial charge in [-0.3, -0.25) is 4.79 Å². The number of phenolic OH excluding ortho intramolecular Hbond substituents is 1. The largest absolute Gasteiger partial charge is 0.508 e. The summed E-state index contributed by atoms with van der Waals surface area (Å²) in [6.07, 6.45) is 16.3. The summed E-state index contributed by atoms with van der Waals surface area (Å²) in [5, 5.41) is 11.5. The number of hydrogen-bond acceptors (Lipinski definition) is 4. The number of hydrogen-bond donors (Lipinski definition) is 2. The lowest BCUT2D eigenvalue weighted by atomic mass is 9.51. The monoisotopic (exact) mass is 663 g/mol. The van der Waals surface area contributed by atoms with Gasteiger partial charge in [-0.1, -0.05) is 79.9 Å². The van der Waals surface area contributed by atoms with E-state index in [-0.39, 0.29) is 29.4 Å². The van der Waals surface area contributed by atoms with Crippen molar-refractivity contribution in [1.82, 2.24) is 5.43 Å². The molecule has 2 N–H and O–H groups in total. The number of likely N-dealkylation sites (tertiary alicyclic amines) is 1. The Bertz CT molecular complexity index is 1620. The van der Waals surface area contributed by atoms with Crippen LogP contribution in [0.1, 0.15) is 99.3 Å². The number of piperidine rings is 1. The number of carbonyl (C=O) groups excluding carboxylic acids is 1. The maximum absolute atomic E-state index is 14.7. The Balaban J connectivity index is 1.03. The minimum Gasteiger partial charge on any atom is -0.508 e. The molecule has 3 aromatic rings. The van der Waals surface area contributed by atoms with Gasteiger partial charge in [0.15, 0.2) is 11.5 Å². The molecular weight excluding hydrogens is 608 g/mol. The Morgan fingerprint density at radius 2 is 1.69 bits per heavy atom. The number of quaternary nitrogens is 1. The lowest BCUT2D eigenvalue weighted by Gasteiger charge is -2.61. The van der Waals surface area contributed by atoms with Gasteiger partial charge in [0.25, 0.3) is 5.91 Å². The highest BCUT2D eigenvalue weighted by Gasteiger charge is 2.69. The highest BCUT2D eigenvalue weighted by Crippen LogP contribution is 2.66. The number of carbonyl (C=O) groups is 1. The van der Waals surface area contributed by atoms with Gasteiger partial charge in [-0.25, -0.2) is 10.0 Å². The van der Waals surface area contributed by atoms with Crippen molar-refractivity contribution in [2.75, 3.05) is 20.2 Å². The molecule has 0 aromatic heterocycles. The molecule has 49 heavy (non-hydrogen) atoms. The van der Waals surface area contributed by atoms with Crippen molar-refractivity contribution < 1.29 is 24.0 Å². The number of rotatable bonds is 15. The zero-order valence-electron chi connectivity index (χ0n) is 29.4. The van der Waals surface area contributed by atoms with E-state index in [1.165, 1.54) is 48.8 Å². The first-order valence-electron chi connectivity index (χ1n) is 19.4. The van der Waals surface area contributed by atoms with Gasteiger partial charge in [-0.15, -0.1) is 0 Å². The van der Waals surface area contributed by atoms with Crippen molar-refractivity contribution in [3.63, 3.8) is 0 Å². The number of amides is 1. The Morgan fingerprint density at radius 3 is 2.43 bits per heavy atom. The third-order valence-corrected chi connectivity index (χ3v) is 13.1. The Morgan fingerprint density at radius 1 is 0.959 bits per heavy atom. The molecule has 6 nitrogen and oxygen atoms in total. The number of unbranched alkanes of at least 4 members (excludes halogenated alkanes) is 3. The average molecular weight is 664 g/mol. The van der Waals surface area contributed by atoms with Gasteiger partial charge in [-0.05, 0) is 75.3 Å². The SMILES string of the molecule is COc1cc(O)c2c3c1O[C@H]1CCC[C@H]4[C@@H](C2)[N+](CC2CC2)(NC(=O)C(CCCCCCc2ccccc2)CCc2ccccc2)CC[C@]314. The molecule has 260 valence electrons. The summed E-state index contributed by atoms with van der Waals surface area (Å²) in [6, 6.07) is 23.5. The molecule has 3 aromatic carbocycles. The molecule has 2 saturated carbocycles. The molecule has 1 saturated heterocycles. The van der Waals surface area contributed by atoms with Crippen molar-refractivity contribution in [3.05, 3.63) is 89.0 Å². The van der Waals surface area contributed by atoms with E-state index in [9.17, 15) is 9.90 Å². The van der Waals surface area contributed by atoms with Gasteiger partial charge in [0.05, 0.1) is 12.5 Å².